The summed E-state index contributed by atoms with van der Waals surface area (Å²) in [6, 6.07) is 11.8. The van der Waals surface area contributed by atoms with Crippen LogP contribution < -0.4 is 11.1 Å². The van der Waals surface area contributed by atoms with Crippen molar-refractivity contribution in [2.45, 2.75) is 25.3 Å². The number of hydrogen-bond acceptors (Lipinski definition) is 3. The Balaban J connectivity index is 1.81. The Kier molecular flexibility index (Phi) is 4.49. The van der Waals surface area contributed by atoms with Gasteiger partial charge in [0.1, 0.15) is 6.04 Å². The molecule has 2 aromatic rings. The number of nitrogens with one attached hydrogen (secondary N) is 1. The molecule has 1 aliphatic rings. The van der Waals surface area contributed by atoms with Gasteiger partial charge in [-0.3, -0.25) is 9.78 Å². The summed E-state index contributed by atoms with van der Waals surface area (Å²) in [5.74, 6) is -0.315. The Labute approximate surface area is 130 Å². The van der Waals surface area contributed by atoms with Gasteiger partial charge in [0.05, 0.1) is 0 Å². The molecule has 2 heterocycles. The van der Waals surface area contributed by atoms with Crippen LogP contribution in [0.25, 0.3) is 0 Å². The van der Waals surface area contributed by atoms with Gasteiger partial charge in [0, 0.05) is 11.9 Å². The lowest BCUT2D eigenvalue weighted by Crippen LogP contribution is -2.33. The predicted molar refractivity (Wildman–Crippen MR) is 86.0 cm³/mol. The fraction of sp³-hybridized carbons (Fsp3) is 0.278. The molecular formula is C18H20N3O. The molecule has 1 atom stereocenters. The molecule has 3 N–H and O–H groups in total. The van der Waals surface area contributed by atoms with Crippen LogP contribution in [-0.4, -0.2) is 17.4 Å². The summed E-state index contributed by atoms with van der Waals surface area (Å²) in [7, 11) is 0. The maximum absolute atomic E-state index is 11.7. The number of fused-ring (bicyclic) bond motifs is 1. The second-order valence-electron chi connectivity index (χ2n) is 5.58. The van der Waals surface area contributed by atoms with Gasteiger partial charge in [-0.2, -0.15) is 0 Å². The lowest BCUT2D eigenvalue weighted by atomic mass is 9.94. The second-order valence-corrected chi connectivity index (χ2v) is 5.58. The summed E-state index contributed by atoms with van der Waals surface area (Å²) in [6.07, 6.45) is 6.70. The highest BCUT2D eigenvalue weighted by molar-refractivity contribution is 5.82. The van der Waals surface area contributed by atoms with Crippen molar-refractivity contribution in [3.8, 4) is 0 Å². The summed E-state index contributed by atoms with van der Waals surface area (Å²) >= 11 is 0. The highest BCUT2D eigenvalue weighted by Crippen LogP contribution is 2.25. The molecule has 1 aromatic heterocycles. The Bertz CT molecular complexity index is 655. The number of hydrogen-bond donors (Lipinski definition) is 2. The van der Waals surface area contributed by atoms with Gasteiger partial charge in [-0.15, -0.1) is 0 Å². The number of nitrogens with two attached hydrogens (primary N) is 1. The van der Waals surface area contributed by atoms with Crippen molar-refractivity contribution in [1.29, 1.82) is 0 Å². The normalized spacial score (nSPS) is 17.5. The van der Waals surface area contributed by atoms with E-state index in [1.807, 2.05) is 18.2 Å². The van der Waals surface area contributed by atoms with Crippen LogP contribution in [0, 0.1) is 6.42 Å². The first-order chi connectivity index (χ1) is 10.7. The molecule has 4 heteroatoms. The van der Waals surface area contributed by atoms with Gasteiger partial charge in [-0.25, -0.2) is 0 Å². The molecule has 0 aliphatic carbocycles. The first-order valence-electron chi connectivity index (χ1n) is 7.62. The number of rotatable bonds is 4. The van der Waals surface area contributed by atoms with E-state index in [-0.39, 0.29) is 11.9 Å². The van der Waals surface area contributed by atoms with Gasteiger partial charge in [0.2, 0.25) is 5.91 Å². The van der Waals surface area contributed by atoms with Crippen LogP contribution in [0.3, 0.4) is 0 Å². The number of carbonyl (C=O) groups is 1. The maximum Gasteiger partial charge on any atom is 0.239 e. The first kappa shape index (κ1) is 14.7. The highest BCUT2D eigenvalue weighted by Gasteiger charge is 2.22. The van der Waals surface area contributed by atoms with Gasteiger partial charge in [0.25, 0.3) is 0 Å². The van der Waals surface area contributed by atoms with Crippen molar-refractivity contribution in [2.24, 2.45) is 5.73 Å². The fourth-order valence-electron chi connectivity index (χ4n) is 2.87. The van der Waals surface area contributed by atoms with Crippen molar-refractivity contribution in [3.05, 3.63) is 71.4 Å². The monoisotopic (exact) mass is 294 g/mol. The van der Waals surface area contributed by atoms with Crippen LogP contribution in [-0.2, 0) is 17.6 Å². The van der Waals surface area contributed by atoms with E-state index in [0.29, 0.717) is 0 Å². The molecule has 0 bridgehead atoms. The zero-order valence-corrected chi connectivity index (χ0v) is 12.5. The lowest BCUT2D eigenvalue weighted by Gasteiger charge is -2.16. The standard InChI is InChI=1S/C18H20N3O/c19-18(22)17-16-12-13(6-8-14(16)4-3-11-21-17)7-9-15-5-1-2-10-20-15/h1-2,5-8,10,12,17,21H,3-4,9,11H2,(H2,19,22). The third-order valence-corrected chi connectivity index (χ3v) is 4.01. The van der Waals surface area contributed by atoms with Crippen LogP contribution in [0.1, 0.15) is 34.8 Å². The molecule has 1 unspecified atom stereocenters. The number of pyridine rings is 1. The van der Waals surface area contributed by atoms with E-state index in [1.54, 1.807) is 6.20 Å². The molecule has 0 fully saturated rings. The summed E-state index contributed by atoms with van der Waals surface area (Å²) in [4.78, 5) is 16.0. The van der Waals surface area contributed by atoms with Gasteiger partial charge in [-0.1, -0.05) is 24.3 Å². The molecule has 4 nitrogen and oxygen atoms in total. The van der Waals surface area contributed by atoms with Crippen LogP contribution in [0.15, 0.2) is 42.6 Å². The van der Waals surface area contributed by atoms with Crippen LogP contribution in [0.5, 0.6) is 0 Å². The molecular weight excluding hydrogens is 274 g/mol. The quantitative estimate of drug-likeness (QED) is 0.905. The molecule has 0 saturated carbocycles. The highest BCUT2D eigenvalue weighted by atomic mass is 16.1. The van der Waals surface area contributed by atoms with Gasteiger partial charge < -0.3 is 11.1 Å². The minimum absolute atomic E-state index is 0.315. The Morgan fingerprint density at radius 1 is 1.36 bits per heavy atom. The SMILES string of the molecule is NC(=O)C1NCCCc2ccc([CH]Cc3ccccn3)cc21. The summed E-state index contributed by atoms with van der Waals surface area (Å²) < 4.78 is 0. The lowest BCUT2D eigenvalue weighted by molar-refractivity contribution is -0.120. The van der Waals surface area contributed by atoms with E-state index >= 15 is 0 Å². The number of aryl methyl sites for hydroxylation is 1. The topological polar surface area (TPSA) is 68.0 Å². The smallest absolute Gasteiger partial charge is 0.239 e. The van der Waals surface area contributed by atoms with Crippen molar-refractivity contribution in [2.75, 3.05) is 6.54 Å². The number of amides is 1. The molecule has 113 valence electrons. The summed E-state index contributed by atoms with van der Waals surface area (Å²) in [5, 5.41) is 3.24. The van der Waals surface area contributed by atoms with E-state index in [2.05, 4.69) is 34.9 Å². The predicted octanol–water partition coefficient (Wildman–Crippen LogP) is 1.94. The van der Waals surface area contributed by atoms with E-state index < -0.39 is 0 Å². The van der Waals surface area contributed by atoms with E-state index in [9.17, 15) is 4.79 Å². The number of nitrogens with zero attached hydrogens (tertiary/aromatic N) is 1. The van der Waals surface area contributed by atoms with Crippen molar-refractivity contribution < 1.29 is 4.79 Å². The Hall–Kier alpha value is -2.20. The van der Waals surface area contributed by atoms with Gasteiger partial charge >= 0.3 is 0 Å². The molecule has 22 heavy (non-hydrogen) atoms. The minimum Gasteiger partial charge on any atom is -0.368 e. The third kappa shape index (κ3) is 3.34. The molecule has 3 rings (SSSR count). The zero-order valence-electron chi connectivity index (χ0n) is 12.5. The molecule has 1 aromatic carbocycles. The number of benzene rings is 1. The van der Waals surface area contributed by atoms with Gasteiger partial charge in [0.15, 0.2) is 0 Å². The summed E-state index contributed by atoms with van der Waals surface area (Å²) in [5.41, 5.74) is 9.90. The Morgan fingerprint density at radius 2 is 2.27 bits per heavy atom. The fourth-order valence-corrected chi connectivity index (χ4v) is 2.87. The number of aromatic nitrogens is 1. The van der Waals surface area contributed by atoms with Crippen molar-refractivity contribution >= 4 is 5.91 Å². The molecule has 0 saturated heterocycles. The molecule has 1 amide bonds. The third-order valence-electron chi connectivity index (χ3n) is 4.01. The van der Waals surface area contributed by atoms with Crippen molar-refractivity contribution in [1.82, 2.24) is 10.3 Å². The number of carbonyl (C=O) groups excluding carboxylic acids is 1. The largest absolute Gasteiger partial charge is 0.368 e. The van der Waals surface area contributed by atoms with E-state index in [1.165, 1.54) is 5.56 Å². The Morgan fingerprint density at radius 3 is 3.05 bits per heavy atom. The average molecular weight is 294 g/mol. The van der Waals surface area contributed by atoms with Gasteiger partial charge in [-0.05, 0) is 61.1 Å². The minimum atomic E-state index is -0.388. The molecule has 1 radical (unpaired) electrons. The van der Waals surface area contributed by atoms with Crippen molar-refractivity contribution in [3.63, 3.8) is 0 Å². The summed E-state index contributed by atoms with van der Waals surface area (Å²) in [6.45, 7) is 0.815. The van der Waals surface area contributed by atoms with Crippen LogP contribution in [0.4, 0.5) is 0 Å². The average Bonchev–Trinajstić information content (AvgIpc) is 2.76. The number of primary amides is 1. The molecule has 1 aliphatic heterocycles. The first-order valence-corrected chi connectivity index (χ1v) is 7.62. The maximum atomic E-state index is 11.7. The van der Waals surface area contributed by atoms with Crippen LogP contribution >= 0.6 is 0 Å². The van der Waals surface area contributed by atoms with E-state index in [4.69, 9.17) is 5.73 Å². The van der Waals surface area contributed by atoms with E-state index in [0.717, 1.165) is 42.6 Å². The molecule has 0 spiro atoms. The van der Waals surface area contributed by atoms with Crippen LogP contribution in [0.2, 0.25) is 0 Å². The zero-order chi connectivity index (χ0) is 15.4. The second kappa shape index (κ2) is 6.71.